The van der Waals surface area contributed by atoms with Gasteiger partial charge in [0.25, 0.3) is 0 Å². The Kier molecular flexibility index (Phi) is 3.77. The van der Waals surface area contributed by atoms with Crippen LogP contribution >= 0.6 is 11.6 Å². The van der Waals surface area contributed by atoms with Crippen LogP contribution in [0.25, 0.3) is 11.3 Å². The van der Waals surface area contributed by atoms with Crippen molar-refractivity contribution in [1.29, 1.82) is 0 Å². The maximum Gasteiger partial charge on any atom is 0.128 e. The van der Waals surface area contributed by atoms with Crippen LogP contribution in [0.3, 0.4) is 0 Å². The maximum absolute atomic E-state index is 5.80. The van der Waals surface area contributed by atoms with E-state index in [9.17, 15) is 0 Å². The number of halogens is 1. The van der Waals surface area contributed by atoms with Gasteiger partial charge in [-0.2, -0.15) is 5.10 Å². The molecule has 0 radical (unpaired) electrons. The van der Waals surface area contributed by atoms with Gasteiger partial charge in [-0.3, -0.25) is 4.68 Å². The summed E-state index contributed by atoms with van der Waals surface area (Å²) in [5.74, 6) is 1.94. The molecule has 1 heterocycles. The van der Waals surface area contributed by atoms with E-state index in [-0.39, 0.29) is 0 Å². The second-order valence-electron chi connectivity index (χ2n) is 3.84. The molecule has 1 aromatic heterocycles. The van der Waals surface area contributed by atoms with Crippen LogP contribution in [0.2, 0.25) is 0 Å². The Bertz CT molecular complexity index is 552. The molecular formula is C13H15ClN2O2. The predicted molar refractivity (Wildman–Crippen MR) is 71.3 cm³/mol. The highest BCUT2D eigenvalue weighted by Gasteiger charge is 2.13. The van der Waals surface area contributed by atoms with Crippen molar-refractivity contribution in [2.45, 2.75) is 5.88 Å². The van der Waals surface area contributed by atoms with Gasteiger partial charge in [0, 0.05) is 12.6 Å². The average molecular weight is 267 g/mol. The molecule has 0 aliphatic carbocycles. The summed E-state index contributed by atoms with van der Waals surface area (Å²) in [4.78, 5) is 0. The Hall–Kier alpha value is -1.68. The number of methoxy groups -OCH3 is 2. The third kappa shape index (κ3) is 2.29. The Morgan fingerprint density at radius 1 is 1.22 bits per heavy atom. The van der Waals surface area contributed by atoms with Gasteiger partial charge in [0.05, 0.1) is 31.5 Å². The summed E-state index contributed by atoms with van der Waals surface area (Å²) in [7, 11) is 5.16. The van der Waals surface area contributed by atoms with Crippen molar-refractivity contribution < 1.29 is 9.47 Å². The number of nitrogens with zero attached hydrogens (tertiary/aromatic N) is 2. The monoisotopic (exact) mass is 266 g/mol. The first-order chi connectivity index (χ1) is 8.69. The minimum absolute atomic E-state index is 0.389. The summed E-state index contributed by atoms with van der Waals surface area (Å²) in [6.45, 7) is 0. The van der Waals surface area contributed by atoms with Gasteiger partial charge >= 0.3 is 0 Å². The quantitative estimate of drug-likeness (QED) is 0.799. The number of benzene rings is 1. The fourth-order valence-electron chi connectivity index (χ4n) is 1.86. The molecule has 2 aromatic rings. The molecule has 0 saturated heterocycles. The first kappa shape index (κ1) is 12.8. The Labute approximate surface area is 111 Å². The van der Waals surface area contributed by atoms with Gasteiger partial charge in [-0.15, -0.1) is 11.6 Å². The standard InChI is InChI=1S/C13H15ClN2O2/c1-16-12(6-9(8-14)15-16)11-7-10(17-2)4-5-13(11)18-3/h4-7H,8H2,1-3H3. The highest BCUT2D eigenvalue weighted by molar-refractivity contribution is 6.16. The van der Waals surface area contributed by atoms with Gasteiger partial charge in [0.15, 0.2) is 0 Å². The molecule has 5 heteroatoms. The smallest absolute Gasteiger partial charge is 0.128 e. The number of hydrogen-bond acceptors (Lipinski definition) is 3. The second-order valence-corrected chi connectivity index (χ2v) is 4.11. The zero-order valence-electron chi connectivity index (χ0n) is 10.6. The molecule has 0 amide bonds. The fraction of sp³-hybridized carbons (Fsp3) is 0.308. The van der Waals surface area contributed by atoms with Crippen LogP contribution in [0.15, 0.2) is 24.3 Å². The zero-order chi connectivity index (χ0) is 13.1. The van der Waals surface area contributed by atoms with Crippen molar-refractivity contribution in [2.24, 2.45) is 7.05 Å². The molecule has 0 bridgehead atoms. The van der Waals surface area contributed by atoms with E-state index in [1.807, 2.05) is 31.3 Å². The summed E-state index contributed by atoms with van der Waals surface area (Å²) >= 11 is 5.80. The number of ether oxygens (including phenoxy) is 2. The van der Waals surface area contributed by atoms with E-state index >= 15 is 0 Å². The lowest BCUT2D eigenvalue weighted by atomic mass is 10.1. The molecule has 18 heavy (non-hydrogen) atoms. The fourth-order valence-corrected chi connectivity index (χ4v) is 1.99. The number of aryl methyl sites for hydroxylation is 1. The zero-order valence-corrected chi connectivity index (χ0v) is 11.4. The highest BCUT2D eigenvalue weighted by Crippen LogP contribution is 2.33. The van der Waals surface area contributed by atoms with Crippen LogP contribution in [0.4, 0.5) is 0 Å². The molecular weight excluding hydrogens is 252 g/mol. The third-order valence-electron chi connectivity index (χ3n) is 2.75. The van der Waals surface area contributed by atoms with Crippen molar-refractivity contribution in [1.82, 2.24) is 9.78 Å². The van der Waals surface area contributed by atoms with E-state index in [4.69, 9.17) is 21.1 Å². The van der Waals surface area contributed by atoms with E-state index < -0.39 is 0 Å². The van der Waals surface area contributed by atoms with Gasteiger partial charge in [-0.05, 0) is 24.3 Å². The normalized spacial score (nSPS) is 10.4. The van der Waals surface area contributed by atoms with Crippen LogP contribution < -0.4 is 9.47 Å². The Morgan fingerprint density at radius 2 is 2.00 bits per heavy atom. The Balaban J connectivity index is 2.56. The van der Waals surface area contributed by atoms with E-state index in [1.54, 1.807) is 18.9 Å². The molecule has 0 spiro atoms. The molecule has 0 N–H and O–H groups in total. The largest absolute Gasteiger partial charge is 0.497 e. The van der Waals surface area contributed by atoms with E-state index in [0.717, 1.165) is 28.5 Å². The summed E-state index contributed by atoms with van der Waals surface area (Å²) in [5.41, 5.74) is 2.71. The molecule has 0 fully saturated rings. The molecule has 1 aromatic carbocycles. The van der Waals surface area contributed by atoms with Crippen molar-refractivity contribution in [3.63, 3.8) is 0 Å². The lowest BCUT2D eigenvalue weighted by Gasteiger charge is -2.10. The first-order valence-corrected chi connectivity index (χ1v) is 6.04. The molecule has 0 saturated carbocycles. The molecule has 96 valence electrons. The Morgan fingerprint density at radius 3 is 2.56 bits per heavy atom. The number of rotatable bonds is 4. The van der Waals surface area contributed by atoms with Gasteiger partial charge in [0.2, 0.25) is 0 Å². The van der Waals surface area contributed by atoms with E-state index in [0.29, 0.717) is 5.88 Å². The van der Waals surface area contributed by atoms with Gasteiger partial charge in [-0.1, -0.05) is 0 Å². The third-order valence-corrected chi connectivity index (χ3v) is 3.02. The van der Waals surface area contributed by atoms with Crippen molar-refractivity contribution in [2.75, 3.05) is 14.2 Å². The van der Waals surface area contributed by atoms with Crippen LogP contribution in [0.1, 0.15) is 5.69 Å². The lowest BCUT2D eigenvalue weighted by Crippen LogP contribution is -1.97. The van der Waals surface area contributed by atoms with Gasteiger partial charge in [-0.25, -0.2) is 0 Å². The number of aromatic nitrogens is 2. The van der Waals surface area contributed by atoms with E-state index in [2.05, 4.69) is 5.10 Å². The van der Waals surface area contributed by atoms with Crippen LogP contribution in [-0.4, -0.2) is 24.0 Å². The van der Waals surface area contributed by atoms with Crippen LogP contribution in [0, 0.1) is 0 Å². The molecule has 0 unspecified atom stereocenters. The minimum Gasteiger partial charge on any atom is -0.497 e. The predicted octanol–water partition coefficient (Wildman–Crippen LogP) is 2.84. The molecule has 4 nitrogen and oxygen atoms in total. The number of alkyl halides is 1. The molecule has 0 atom stereocenters. The second kappa shape index (κ2) is 5.31. The maximum atomic E-state index is 5.80. The summed E-state index contributed by atoms with van der Waals surface area (Å²) in [6.07, 6.45) is 0. The summed E-state index contributed by atoms with van der Waals surface area (Å²) < 4.78 is 12.4. The van der Waals surface area contributed by atoms with Crippen molar-refractivity contribution >= 4 is 11.6 Å². The number of hydrogen-bond donors (Lipinski definition) is 0. The SMILES string of the molecule is COc1ccc(OC)c(-c2cc(CCl)nn2C)c1. The van der Waals surface area contributed by atoms with Gasteiger partial charge in [0.1, 0.15) is 11.5 Å². The van der Waals surface area contributed by atoms with E-state index in [1.165, 1.54) is 0 Å². The molecule has 0 aliphatic rings. The first-order valence-electron chi connectivity index (χ1n) is 5.51. The molecule has 2 rings (SSSR count). The van der Waals surface area contributed by atoms with Crippen LogP contribution in [0.5, 0.6) is 11.5 Å². The van der Waals surface area contributed by atoms with Crippen LogP contribution in [-0.2, 0) is 12.9 Å². The average Bonchev–Trinajstić information content (AvgIpc) is 2.79. The summed E-state index contributed by atoms with van der Waals surface area (Å²) in [6, 6.07) is 7.61. The lowest BCUT2D eigenvalue weighted by molar-refractivity contribution is 0.404. The highest BCUT2D eigenvalue weighted by atomic mass is 35.5. The van der Waals surface area contributed by atoms with Crippen molar-refractivity contribution in [3.05, 3.63) is 30.0 Å². The minimum atomic E-state index is 0.389. The molecule has 0 aliphatic heterocycles. The summed E-state index contributed by atoms with van der Waals surface area (Å²) in [5, 5.41) is 4.32. The topological polar surface area (TPSA) is 36.3 Å². The van der Waals surface area contributed by atoms with Gasteiger partial charge < -0.3 is 9.47 Å². The van der Waals surface area contributed by atoms with Crippen molar-refractivity contribution in [3.8, 4) is 22.8 Å².